The Balaban J connectivity index is 1.92. The Morgan fingerprint density at radius 1 is 1.03 bits per heavy atom. The zero-order valence-corrected chi connectivity index (χ0v) is 18.9. The number of benzene rings is 2. The molecule has 0 N–H and O–H groups in total. The molecule has 0 atom stereocenters. The number of nitrogens with zero attached hydrogens (tertiary/aromatic N) is 3. The monoisotopic (exact) mass is 457 g/mol. The highest BCUT2D eigenvalue weighted by atomic mass is 35.5. The second-order valence-electron chi connectivity index (χ2n) is 7.90. The van der Waals surface area contributed by atoms with Gasteiger partial charge in [0.2, 0.25) is 5.88 Å². The van der Waals surface area contributed by atoms with Gasteiger partial charge in [0.25, 0.3) is 5.91 Å². The van der Waals surface area contributed by atoms with Gasteiger partial charge in [-0.2, -0.15) is 0 Å². The maximum Gasteiger partial charge on any atom is 0.262 e. The summed E-state index contributed by atoms with van der Waals surface area (Å²) in [5, 5.41) is -0.147. The molecule has 0 fully saturated rings. The zero-order chi connectivity index (χ0) is 23.2. The van der Waals surface area contributed by atoms with Gasteiger partial charge in [-0.05, 0) is 54.8 Å². The number of hydrogen-bond donors (Lipinski definition) is 0. The maximum atomic E-state index is 14.4. The van der Waals surface area contributed by atoms with E-state index >= 15 is 0 Å². The number of rotatable bonds is 4. The number of carbonyl (C=O) groups is 1. The van der Waals surface area contributed by atoms with Gasteiger partial charge in [0, 0.05) is 11.8 Å². The molecule has 0 spiro atoms. The summed E-state index contributed by atoms with van der Waals surface area (Å²) in [6.45, 7) is 5.77. The van der Waals surface area contributed by atoms with Gasteiger partial charge in [-0.1, -0.05) is 25.4 Å². The van der Waals surface area contributed by atoms with Crippen LogP contribution in [0, 0.1) is 18.6 Å². The lowest BCUT2D eigenvalue weighted by Gasteiger charge is -2.39. The van der Waals surface area contributed by atoms with E-state index in [1.807, 2.05) is 13.8 Å². The number of hydrogen-bond acceptors (Lipinski definition) is 4. The zero-order valence-electron chi connectivity index (χ0n) is 18.1. The van der Waals surface area contributed by atoms with E-state index in [-0.39, 0.29) is 34.9 Å². The molecule has 5 nitrogen and oxygen atoms in total. The van der Waals surface area contributed by atoms with Gasteiger partial charge in [-0.25, -0.2) is 13.8 Å². The number of ether oxygens (including phenoxy) is 1. The van der Waals surface area contributed by atoms with E-state index in [1.165, 1.54) is 31.4 Å². The summed E-state index contributed by atoms with van der Waals surface area (Å²) in [6, 6.07) is 10.5. The molecule has 0 radical (unpaired) electrons. The van der Waals surface area contributed by atoms with Crippen molar-refractivity contribution in [2.75, 3.05) is 23.6 Å². The van der Waals surface area contributed by atoms with Crippen LogP contribution >= 0.6 is 11.6 Å². The largest absolute Gasteiger partial charge is 0.481 e. The first-order valence-corrected chi connectivity index (χ1v) is 10.5. The Labute approximate surface area is 190 Å². The fourth-order valence-corrected chi connectivity index (χ4v) is 4.08. The van der Waals surface area contributed by atoms with Crippen molar-refractivity contribution in [3.05, 3.63) is 75.9 Å². The first kappa shape index (κ1) is 22.0. The minimum Gasteiger partial charge on any atom is -0.481 e. The van der Waals surface area contributed by atoms with Crippen LogP contribution in [0.2, 0.25) is 5.02 Å². The summed E-state index contributed by atoms with van der Waals surface area (Å²) in [7, 11) is 1.52. The van der Waals surface area contributed by atoms with E-state index in [2.05, 4.69) is 4.98 Å². The third kappa shape index (κ3) is 3.77. The van der Waals surface area contributed by atoms with Gasteiger partial charge in [-0.3, -0.25) is 9.69 Å². The molecule has 32 heavy (non-hydrogen) atoms. The molecule has 0 aliphatic carbocycles. The first-order valence-electron chi connectivity index (χ1n) is 10.1. The number of halogens is 3. The number of fused-ring (bicyclic) bond motifs is 1. The Bertz CT molecular complexity index is 1220. The molecule has 166 valence electrons. The molecule has 0 saturated carbocycles. The lowest BCUT2D eigenvalue weighted by Crippen LogP contribution is -2.45. The van der Waals surface area contributed by atoms with Gasteiger partial charge >= 0.3 is 0 Å². The summed E-state index contributed by atoms with van der Waals surface area (Å²) in [5.74, 6) is -0.899. The van der Waals surface area contributed by atoms with Crippen molar-refractivity contribution in [1.29, 1.82) is 0 Å². The number of aromatic nitrogens is 1. The predicted molar refractivity (Wildman–Crippen MR) is 121 cm³/mol. The molecular weight excluding hydrogens is 436 g/mol. The average molecular weight is 458 g/mol. The van der Waals surface area contributed by atoms with Crippen LogP contribution < -0.4 is 14.5 Å². The van der Waals surface area contributed by atoms with E-state index < -0.39 is 5.82 Å². The molecule has 8 heteroatoms. The predicted octanol–water partition coefficient (Wildman–Crippen LogP) is 6.21. The highest BCUT2D eigenvalue weighted by Crippen LogP contribution is 2.41. The van der Waals surface area contributed by atoms with Crippen LogP contribution in [0.25, 0.3) is 0 Å². The van der Waals surface area contributed by atoms with Crippen molar-refractivity contribution >= 4 is 34.6 Å². The summed E-state index contributed by atoms with van der Waals surface area (Å²) in [6.07, 6.45) is 0. The van der Waals surface area contributed by atoms with Crippen LogP contribution in [-0.2, 0) is 0 Å². The van der Waals surface area contributed by atoms with Gasteiger partial charge in [0.05, 0.1) is 34.8 Å². The fourth-order valence-electron chi connectivity index (χ4n) is 3.91. The second kappa shape index (κ2) is 8.39. The van der Waals surface area contributed by atoms with Crippen LogP contribution in [-0.4, -0.2) is 24.7 Å². The van der Waals surface area contributed by atoms with E-state index in [1.54, 1.807) is 34.9 Å². The number of carbonyl (C=O) groups excluding carboxylic acids is 1. The van der Waals surface area contributed by atoms with Crippen LogP contribution in [0.3, 0.4) is 0 Å². The topological polar surface area (TPSA) is 45.7 Å². The van der Waals surface area contributed by atoms with E-state index in [0.717, 1.165) is 5.56 Å². The van der Waals surface area contributed by atoms with Crippen molar-refractivity contribution in [1.82, 2.24) is 4.98 Å². The number of amides is 1. The Morgan fingerprint density at radius 3 is 2.41 bits per heavy atom. The minimum atomic E-state index is -0.632. The van der Waals surface area contributed by atoms with E-state index in [0.29, 0.717) is 28.6 Å². The molecular formula is C24H22ClF2N3O2. The second-order valence-corrected chi connectivity index (χ2v) is 8.31. The van der Waals surface area contributed by atoms with Crippen molar-refractivity contribution in [2.24, 2.45) is 0 Å². The molecule has 0 bridgehead atoms. The maximum absolute atomic E-state index is 14.4. The quantitative estimate of drug-likeness (QED) is 0.467. The molecule has 1 aliphatic rings. The number of aryl methyl sites for hydroxylation is 1. The molecule has 0 unspecified atom stereocenters. The van der Waals surface area contributed by atoms with Gasteiger partial charge < -0.3 is 9.64 Å². The van der Waals surface area contributed by atoms with E-state index in [4.69, 9.17) is 16.3 Å². The van der Waals surface area contributed by atoms with Crippen molar-refractivity contribution in [3.63, 3.8) is 0 Å². The lowest BCUT2D eigenvalue weighted by molar-refractivity contribution is 0.0983. The molecule has 2 heterocycles. The number of pyridine rings is 1. The Kier molecular flexibility index (Phi) is 5.77. The molecule has 0 saturated heterocycles. The highest BCUT2D eigenvalue weighted by molar-refractivity contribution is 6.31. The van der Waals surface area contributed by atoms with E-state index in [9.17, 15) is 13.6 Å². The molecule has 1 amide bonds. The van der Waals surface area contributed by atoms with Crippen molar-refractivity contribution in [3.8, 4) is 5.88 Å². The van der Waals surface area contributed by atoms with Gasteiger partial charge in [0.1, 0.15) is 18.3 Å². The summed E-state index contributed by atoms with van der Waals surface area (Å²) in [5.41, 5.74) is 3.22. The Hall–Kier alpha value is -3.19. The third-order valence-electron chi connectivity index (χ3n) is 5.52. The average Bonchev–Trinajstić information content (AvgIpc) is 2.76. The highest BCUT2D eigenvalue weighted by Gasteiger charge is 2.34. The summed E-state index contributed by atoms with van der Waals surface area (Å²) >= 11 is 6.03. The molecule has 2 aromatic carbocycles. The van der Waals surface area contributed by atoms with Gasteiger partial charge in [-0.15, -0.1) is 0 Å². The fraction of sp³-hybridized carbons (Fsp3) is 0.250. The number of methoxy groups -OCH3 is 1. The van der Waals surface area contributed by atoms with Gasteiger partial charge in [0.15, 0.2) is 0 Å². The smallest absolute Gasteiger partial charge is 0.262 e. The van der Waals surface area contributed by atoms with Crippen LogP contribution in [0.4, 0.5) is 25.8 Å². The molecule has 1 aliphatic heterocycles. The summed E-state index contributed by atoms with van der Waals surface area (Å²) < 4.78 is 33.7. The van der Waals surface area contributed by atoms with Crippen LogP contribution in [0.15, 0.2) is 42.5 Å². The van der Waals surface area contributed by atoms with Crippen LogP contribution in [0.1, 0.15) is 41.4 Å². The lowest BCUT2D eigenvalue weighted by atomic mass is 9.98. The minimum absolute atomic E-state index is 0.00300. The van der Waals surface area contributed by atoms with Crippen molar-refractivity contribution < 1.29 is 18.3 Å². The SMILES string of the molecule is COc1ccc(N2CN(c3ccc(F)cc3C(C)C)c3cc(F)c(Cl)cc3C2=O)c(C)n1. The first-order chi connectivity index (χ1) is 15.2. The standard InChI is InChI=1S/C24H22ClF2N3O2/c1-13(2)16-9-15(26)5-6-21(16)29-12-30(20-7-8-23(32-4)28-14(20)3)24(31)17-10-18(25)19(27)11-22(17)29/h5-11,13H,12H2,1-4H3. The van der Waals surface area contributed by atoms with Crippen LogP contribution in [0.5, 0.6) is 5.88 Å². The normalized spacial score (nSPS) is 13.6. The molecule has 1 aromatic heterocycles. The number of anilines is 3. The molecule has 4 rings (SSSR count). The van der Waals surface area contributed by atoms with Crippen molar-refractivity contribution in [2.45, 2.75) is 26.7 Å². The Morgan fingerprint density at radius 2 is 1.75 bits per heavy atom. The summed E-state index contributed by atoms with van der Waals surface area (Å²) in [4.78, 5) is 21.2. The third-order valence-corrected chi connectivity index (χ3v) is 5.81. The molecule has 3 aromatic rings.